The molecule has 3 aromatic heterocycles. The number of ether oxygens (including phenoxy) is 1. The van der Waals surface area contributed by atoms with E-state index >= 15 is 0 Å². The Balaban J connectivity index is 1.57. The van der Waals surface area contributed by atoms with Crippen molar-refractivity contribution in [3.05, 3.63) is 68.9 Å². The summed E-state index contributed by atoms with van der Waals surface area (Å²) in [5.41, 5.74) is 1.47. The Morgan fingerprint density at radius 2 is 2.24 bits per heavy atom. The summed E-state index contributed by atoms with van der Waals surface area (Å²) in [4.78, 5) is 20.6. The maximum absolute atomic E-state index is 12.3. The topological polar surface area (TPSA) is 46.8 Å². The van der Waals surface area contributed by atoms with E-state index in [-0.39, 0.29) is 11.7 Å². The minimum Gasteiger partial charge on any atom is -0.377 e. The first-order chi connectivity index (χ1) is 12.3. The van der Waals surface area contributed by atoms with Crippen LogP contribution in [-0.2, 0) is 17.8 Å². The van der Waals surface area contributed by atoms with E-state index < -0.39 is 0 Å². The van der Waals surface area contributed by atoms with Crippen LogP contribution >= 0.6 is 11.3 Å². The molecule has 0 N–H and O–H groups in total. The second-order valence-corrected chi connectivity index (χ2v) is 7.43. The third-order valence-corrected chi connectivity index (χ3v) is 5.32. The number of hydrogen-bond donors (Lipinski definition) is 0. The van der Waals surface area contributed by atoms with Crippen LogP contribution in [0.5, 0.6) is 0 Å². The molecule has 4 rings (SSSR count). The number of aromatic nitrogens is 2. The van der Waals surface area contributed by atoms with Gasteiger partial charge in [-0.2, -0.15) is 0 Å². The summed E-state index contributed by atoms with van der Waals surface area (Å²) < 4.78 is 7.39. The summed E-state index contributed by atoms with van der Waals surface area (Å²) in [5.74, 6) is 0. The molecule has 130 valence electrons. The minimum atomic E-state index is -0.0335. The van der Waals surface area contributed by atoms with Crippen molar-refractivity contribution in [1.82, 2.24) is 14.3 Å². The second kappa shape index (κ2) is 7.47. The van der Waals surface area contributed by atoms with Gasteiger partial charge in [-0.1, -0.05) is 12.1 Å². The van der Waals surface area contributed by atoms with Gasteiger partial charge >= 0.3 is 0 Å². The van der Waals surface area contributed by atoms with Crippen molar-refractivity contribution < 1.29 is 4.74 Å². The first kappa shape index (κ1) is 16.4. The average molecular weight is 355 g/mol. The van der Waals surface area contributed by atoms with Gasteiger partial charge in [-0.05, 0) is 36.4 Å². The Bertz CT molecular complexity index is 885. The number of nitrogens with zero attached hydrogens (tertiary/aromatic N) is 3. The van der Waals surface area contributed by atoms with Crippen molar-refractivity contribution in [2.24, 2.45) is 0 Å². The molecule has 0 bridgehead atoms. The molecule has 0 aliphatic carbocycles. The van der Waals surface area contributed by atoms with Crippen LogP contribution in [0.4, 0.5) is 0 Å². The van der Waals surface area contributed by atoms with Crippen LogP contribution in [0.25, 0.3) is 5.65 Å². The zero-order valence-electron chi connectivity index (χ0n) is 14.0. The first-order valence-corrected chi connectivity index (χ1v) is 9.49. The number of hydrogen-bond acceptors (Lipinski definition) is 5. The van der Waals surface area contributed by atoms with E-state index in [0.29, 0.717) is 12.2 Å². The third kappa shape index (κ3) is 3.98. The normalized spacial score (nSPS) is 17.6. The van der Waals surface area contributed by atoms with Crippen molar-refractivity contribution >= 4 is 17.0 Å². The summed E-state index contributed by atoms with van der Waals surface area (Å²) in [6.45, 7) is 3.23. The average Bonchev–Trinajstić information content (AvgIpc) is 3.29. The lowest BCUT2D eigenvalue weighted by Gasteiger charge is -2.24. The van der Waals surface area contributed by atoms with E-state index in [4.69, 9.17) is 4.74 Å². The first-order valence-electron chi connectivity index (χ1n) is 8.61. The highest BCUT2D eigenvalue weighted by Gasteiger charge is 2.20. The van der Waals surface area contributed by atoms with Crippen LogP contribution in [0, 0.1) is 0 Å². The Labute approximate surface area is 150 Å². The van der Waals surface area contributed by atoms with Crippen molar-refractivity contribution in [2.75, 3.05) is 13.2 Å². The van der Waals surface area contributed by atoms with Crippen LogP contribution in [0.1, 0.15) is 23.4 Å². The Hall–Kier alpha value is -2.02. The summed E-state index contributed by atoms with van der Waals surface area (Å²) >= 11 is 1.76. The number of pyridine rings is 1. The SMILES string of the molecule is O=c1cc(CN(Cc2cccs2)CC2CCCO2)nc2ccccn12. The van der Waals surface area contributed by atoms with Crippen molar-refractivity contribution in [3.63, 3.8) is 0 Å². The van der Waals surface area contributed by atoms with Gasteiger partial charge in [0.25, 0.3) is 5.56 Å². The smallest absolute Gasteiger partial charge is 0.258 e. The molecule has 1 atom stereocenters. The summed E-state index contributed by atoms with van der Waals surface area (Å²) in [6.07, 6.45) is 4.27. The number of thiophene rings is 1. The molecule has 1 fully saturated rings. The molecule has 1 aliphatic heterocycles. The van der Waals surface area contributed by atoms with Crippen LogP contribution in [0.15, 0.2) is 52.8 Å². The Morgan fingerprint density at radius 3 is 3.04 bits per heavy atom. The van der Waals surface area contributed by atoms with E-state index in [1.807, 2.05) is 18.2 Å². The molecule has 1 aliphatic rings. The Kier molecular flexibility index (Phi) is 4.92. The zero-order valence-corrected chi connectivity index (χ0v) is 14.8. The lowest BCUT2D eigenvalue weighted by molar-refractivity contribution is 0.0678. The standard InChI is InChI=1S/C19H21N3O2S/c23-19-11-15(20-18-7-1-2-8-22(18)19)12-21(13-16-5-3-9-24-16)14-17-6-4-10-25-17/h1-2,4,6-8,10-11,16H,3,5,9,12-14H2. The highest BCUT2D eigenvalue weighted by Crippen LogP contribution is 2.18. The fourth-order valence-corrected chi connectivity index (χ4v) is 4.04. The molecule has 0 amide bonds. The molecule has 0 saturated carbocycles. The molecule has 0 radical (unpaired) electrons. The fraction of sp³-hybridized carbons (Fsp3) is 0.368. The summed E-state index contributed by atoms with van der Waals surface area (Å²) in [6, 6.07) is 11.5. The predicted molar refractivity (Wildman–Crippen MR) is 98.9 cm³/mol. The van der Waals surface area contributed by atoms with E-state index in [2.05, 4.69) is 27.4 Å². The maximum Gasteiger partial charge on any atom is 0.258 e. The van der Waals surface area contributed by atoms with Crippen molar-refractivity contribution in [3.8, 4) is 0 Å². The monoisotopic (exact) mass is 355 g/mol. The minimum absolute atomic E-state index is 0.0335. The number of fused-ring (bicyclic) bond motifs is 1. The Morgan fingerprint density at radius 1 is 1.28 bits per heavy atom. The van der Waals surface area contributed by atoms with Crippen LogP contribution < -0.4 is 5.56 Å². The zero-order chi connectivity index (χ0) is 17.1. The molecule has 5 nitrogen and oxygen atoms in total. The van der Waals surface area contributed by atoms with Crippen LogP contribution in [0.2, 0.25) is 0 Å². The predicted octanol–water partition coefficient (Wildman–Crippen LogP) is 2.94. The van der Waals surface area contributed by atoms with Crippen LogP contribution in [-0.4, -0.2) is 33.5 Å². The lowest BCUT2D eigenvalue weighted by atomic mass is 10.2. The van der Waals surface area contributed by atoms with Crippen molar-refractivity contribution in [1.29, 1.82) is 0 Å². The van der Waals surface area contributed by atoms with Gasteiger partial charge < -0.3 is 4.74 Å². The molecular formula is C19H21N3O2S. The quantitative estimate of drug-likeness (QED) is 0.682. The van der Waals surface area contributed by atoms with Gasteiger partial charge in [0.15, 0.2) is 0 Å². The molecule has 6 heteroatoms. The van der Waals surface area contributed by atoms with Gasteiger partial charge in [0, 0.05) is 43.4 Å². The van der Waals surface area contributed by atoms with E-state index in [1.165, 1.54) is 4.88 Å². The highest BCUT2D eigenvalue weighted by atomic mass is 32.1. The molecule has 4 heterocycles. The molecule has 1 saturated heterocycles. The molecule has 25 heavy (non-hydrogen) atoms. The number of rotatable bonds is 6. The van der Waals surface area contributed by atoms with Gasteiger partial charge in [-0.15, -0.1) is 11.3 Å². The lowest BCUT2D eigenvalue weighted by Crippen LogP contribution is -2.32. The van der Waals surface area contributed by atoms with Crippen molar-refractivity contribution in [2.45, 2.75) is 32.0 Å². The van der Waals surface area contributed by atoms with Gasteiger partial charge in [0.1, 0.15) is 5.65 Å². The fourth-order valence-electron chi connectivity index (χ4n) is 3.30. The third-order valence-electron chi connectivity index (χ3n) is 4.46. The summed E-state index contributed by atoms with van der Waals surface area (Å²) in [5, 5.41) is 2.10. The summed E-state index contributed by atoms with van der Waals surface area (Å²) in [7, 11) is 0. The largest absolute Gasteiger partial charge is 0.377 e. The van der Waals surface area contributed by atoms with Crippen LogP contribution in [0.3, 0.4) is 0 Å². The molecular weight excluding hydrogens is 334 g/mol. The molecule has 0 spiro atoms. The maximum atomic E-state index is 12.3. The van der Waals surface area contributed by atoms with Gasteiger partial charge in [0.05, 0.1) is 11.8 Å². The highest BCUT2D eigenvalue weighted by molar-refractivity contribution is 7.09. The molecule has 0 aromatic carbocycles. The molecule has 3 aromatic rings. The van der Waals surface area contributed by atoms with Gasteiger partial charge in [-0.25, -0.2) is 4.98 Å². The van der Waals surface area contributed by atoms with Gasteiger partial charge in [-0.3, -0.25) is 14.1 Å². The second-order valence-electron chi connectivity index (χ2n) is 6.40. The van der Waals surface area contributed by atoms with Gasteiger partial charge in [0.2, 0.25) is 0 Å². The van der Waals surface area contributed by atoms with E-state index in [0.717, 1.165) is 38.2 Å². The van der Waals surface area contributed by atoms with E-state index in [1.54, 1.807) is 28.0 Å². The molecule has 1 unspecified atom stereocenters. The van der Waals surface area contributed by atoms with E-state index in [9.17, 15) is 4.79 Å².